The summed E-state index contributed by atoms with van der Waals surface area (Å²) in [5, 5.41) is 0. The van der Waals surface area contributed by atoms with Crippen LogP contribution < -0.4 is 10.5 Å². The van der Waals surface area contributed by atoms with E-state index in [-0.39, 0.29) is 0 Å². The molecule has 1 aromatic carbocycles. The Kier molecular flexibility index (Phi) is 4.30. The van der Waals surface area contributed by atoms with Crippen molar-refractivity contribution in [2.45, 2.75) is 20.1 Å². The van der Waals surface area contributed by atoms with Crippen LogP contribution in [0.2, 0.25) is 0 Å². The lowest BCUT2D eigenvalue weighted by Gasteiger charge is -2.06. The molecular formula is C14H17N3O2. The molecule has 2 aromatic rings. The molecule has 0 saturated carbocycles. The van der Waals surface area contributed by atoms with E-state index in [0.29, 0.717) is 24.9 Å². The molecule has 0 amide bonds. The largest absolute Gasteiger partial charge is 0.497 e. The zero-order valence-corrected chi connectivity index (χ0v) is 11.1. The number of anilines is 1. The van der Waals surface area contributed by atoms with Gasteiger partial charge in [0.15, 0.2) is 5.82 Å². The Balaban J connectivity index is 1.92. The van der Waals surface area contributed by atoms with Crippen molar-refractivity contribution in [2.24, 2.45) is 0 Å². The van der Waals surface area contributed by atoms with E-state index in [1.807, 2.05) is 31.2 Å². The number of nitrogens with zero attached hydrogens (tertiary/aromatic N) is 2. The van der Waals surface area contributed by atoms with Crippen LogP contribution in [0.25, 0.3) is 0 Å². The molecule has 5 heteroatoms. The molecule has 19 heavy (non-hydrogen) atoms. The Morgan fingerprint density at radius 1 is 1.16 bits per heavy atom. The second-order valence-electron chi connectivity index (χ2n) is 4.19. The molecule has 1 heterocycles. The number of hydrogen-bond donors (Lipinski definition) is 1. The third kappa shape index (κ3) is 3.93. The smallest absolute Gasteiger partial charge is 0.156 e. The molecule has 0 radical (unpaired) electrons. The third-order valence-electron chi connectivity index (χ3n) is 2.55. The van der Waals surface area contributed by atoms with Crippen LogP contribution in [-0.4, -0.2) is 17.1 Å². The summed E-state index contributed by atoms with van der Waals surface area (Å²) < 4.78 is 10.7. The Labute approximate surface area is 112 Å². The lowest BCUT2D eigenvalue weighted by atomic mass is 10.2. The number of ether oxygens (including phenoxy) is 2. The maximum absolute atomic E-state index is 5.66. The Morgan fingerprint density at radius 2 is 2.00 bits per heavy atom. The summed E-state index contributed by atoms with van der Waals surface area (Å²) in [4.78, 5) is 8.37. The van der Waals surface area contributed by atoms with Crippen LogP contribution in [-0.2, 0) is 18.0 Å². The summed E-state index contributed by atoms with van der Waals surface area (Å²) in [6, 6.07) is 9.47. The standard InChI is InChI=1S/C14H17N3O2/c1-10-6-13(15)17-14(16-10)9-19-8-11-4-3-5-12(7-11)18-2/h3-7H,8-9H2,1-2H3,(H2,15,16,17). The fourth-order valence-electron chi connectivity index (χ4n) is 1.74. The number of nitrogen functional groups attached to an aromatic ring is 1. The van der Waals surface area contributed by atoms with Gasteiger partial charge in [-0.3, -0.25) is 0 Å². The number of benzene rings is 1. The summed E-state index contributed by atoms with van der Waals surface area (Å²) in [5.41, 5.74) is 7.54. The van der Waals surface area contributed by atoms with Gasteiger partial charge in [-0.2, -0.15) is 0 Å². The molecule has 2 rings (SSSR count). The first-order chi connectivity index (χ1) is 9.17. The summed E-state index contributed by atoms with van der Waals surface area (Å²) in [5.74, 6) is 1.88. The topological polar surface area (TPSA) is 70.3 Å². The minimum absolute atomic E-state index is 0.336. The molecule has 0 atom stereocenters. The maximum atomic E-state index is 5.66. The van der Waals surface area contributed by atoms with E-state index >= 15 is 0 Å². The van der Waals surface area contributed by atoms with E-state index < -0.39 is 0 Å². The minimum Gasteiger partial charge on any atom is -0.497 e. The summed E-state index contributed by atoms with van der Waals surface area (Å²) in [6.07, 6.45) is 0. The molecular weight excluding hydrogens is 242 g/mol. The van der Waals surface area contributed by atoms with Gasteiger partial charge in [0.05, 0.1) is 13.7 Å². The first-order valence-corrected chi connectivity index (χ1v) is 5.98. The molecule has 0 bridgehead atoms. The van der Waals surface area contributed by atoms with Crippen molar-refractivity contribution >= 4 is 5.82 Å². The quantitative estimate of drug-likeness (QED) is 0.890. The van der Waals surface area contributed by atoms with E-state index in [9.17, 15) is 0 Å². The van der Waals surface area contributed by atoms with Gasteiger partial charge in [0.2, 0.25) is 0 Å². The van der Waals surface area contributed by atoms with Gasteiger partial charge in [-0.05, 0) is 24.6 Å². The van der Waals surface area contributed by atoms with E-state index in [1.54, 1.807) is 13.2 Å². The van der Waals surface area contributed by atoms with Gasteiger partial charge in [-0.25, -0.2) is 9.97 Å². The number of aryl methyl sites for hydroxylation is 1. The van der Waals surface area contributed by atoms with E-state index in [1.165, 1.54) is 0 Å². The van der Waals surface area contributed by atoms with Crippen LogP contribution in [0.5, 0.6) is 5.75 Å². The van der Waals surface area contributed by atoms with Gasteiger partial charge in [-0.1, -0.05) is 12.1 Å². The second-order valence-corrected chi connectivity index (χ2v) is 4.19. The average molecular weight is 259 g/mol. The molecule has 1 aromatic heterocycles. The Hall–Kier alpha value is -2.14. The first kappa shape index (κ1) is 13.3. The fourth-order valence-corrected chi connectivity index (χ4v) is 1.74. The lowest BCUT2D eigenvalue weighted by Crippen LogP contribution is -2.03. The van der Waals surface area contributed by atoms with Crippen LogP contribution in [0.15, 0.2) is 30.3 Å². The number of nitrogens with two attached hydrogens (primary N) is 1. The van der Waals surface area contributed by atoms with Crippen LogP contribution >= 0.6 is 0 Å². The normalized spacial score (nSPS) is 10.4. The molecule has 0 unspecified atom stereocenters. The summed E-state index contributed by atoms with van der Waals surface area (Å²) >= 11 is 0. The van der Waals surface area contributed by atoms with Crippen LogP contribution in [0.1, 0.15) is 17.1 Å². The van der Waals surface area contributed by atoms with Crippen molar-refractivity contribution in [3.63, 3.8) is 0 Å². The van der Waals surface area contributed by atoms with Crippen LogP contribution in [0.4, 0.5) is 5.82 Å². The predicted octanol–water partition coefficient (Wildman–Crippen LogP) is 2.09. The van der Waals surface area contributed by atoms with Gasteiger partial charge < -0.3 is 15.2 Å². The molecule has 0 saturated heterocycles. The SMILES string of the molecule is COc1cccc(COCc2nc(C)cc(N)n2)c1. The summed E-state index contributed by atoms with van der Waals surface area (Å²) in [6.45, 7) is 2.70. The highest BCUT2D eigenvalue weighted by molar-refractivity contribution is 5.29. The predicted molar refractivity (Wildman–Crippen MR) is 72.7 cm³/mol. The van der Waals surface area contributed by atoms with Gasteiger partial charge in [0.25, 0.3) is 0 Å². The molecule has 5 nitrogen and oxygen atoms in total. The lowest BCUT2D eigenvalue weighted by molar-refractivity contribution is 0.101. The monoisotopic (exact) mass is 259 g/mol. The Bertz CT molecular complexity index is 538. The van der Waals surface area contributed by atoms with Crippen molar-refractivity contribution in [3.8, 4) is 5.75 Å². The average Bonchev–Trinajstić information content (AvgIpc) is 2.38. The van der Waals surface area contributed by atoms with Crippen LogP contribution in [0.3, 0.4) is 0 Å². The zero-order valence-electron chi connectivity index (χ0n) is 11.1. The minimum atomic E-state index is 0.336. The molecule has 0 aliphatic heterocycles. The highest BCUT2D eigenvalue weighted by Gasteiger charge is 2.01. The highest BCUT2D eigenvalue weighted by atomic mass is 16.5. The molecule has 2 N–H and O–H groups in total. The molecule has 0 spiro atoms. The molecule has 0 aliphatic carbocycles. The van der Waals surface area contributed by atoms with E-state index in [2.05, 4.69) is 9.97 Å². The fraction of sp³-hybridized carbons (Fsp3) is 0.286. The van der Waals surface area contributed by atoms with E-state index in [4.69, 9.17) is 15.2 Å². The number of hydrogen-bond acceptors (Lipinski definition) is 5. The van der Waals surface area contributed by atoms with Gasteiger partial charge in [-0.15, -0.1) is 0 Å². The Morgan fingerprint density at radius 3 is 2.74 bits per heavy atom. The van der Waals surface area contributed by atoms with Crippen LogP contribution in [0, 0.1) is 6.92 Å². The van der Waals surface area contributed by atoms with Gasteiger partial charge >= 0.3 is 0 Å². The highest BCUT2D eigenvalue weighted by Crippen LogP contribution is 2.13. The van der Waals surface area contributed by atoms with Gasteiger partial charge in [0.1, 0.15) is 18.2 Å². The van der Waals surface area contributed by atoms with Crippen molar-refractivity contribution in [3.05, 3.63) is 47.4 Å². The second kappa shape index (κ2) is 6.15. The third-order valence-corrected chi connectivity index (χ3v) is 2.55. The van der Waals surface area contributed by atoms with E-state index in [0.717, 1.165) is 17.0 Å². The van der Waals surface area contributed by atoms with Crippen molar-refractivity contribution in [2.75, 3.05) is 12.8 Å². The molecule has 0 aliphatic rings. The van der Waals surface area contributed by atoms with Gasteiger partial charge in [0, 0.05) is 11.8 Å². The zero-order chi connectivity index (χ0) is 13.7. The molecule has 0 fully saturated rings. The van der Waals surface area contributed by atoms with Crippen molar-refractivity contribution in [1.29, 1.82) is 0 Å². The number of rotatable bonds is 5. The summed E-state index contributed by atoms with van der Waals surface area (Å²) in [7, 11) is 1.64. The van der Waals surface area contributed by atoms with Crippen molar-refractivity contribution < 1.29 is 9.47 Å². The first-order valence-electron chi connectivity index (χ1n) is 5.98. The number of aromatic nitrogens is 2. The van der Waals surface area contributed by atoms with Crippen molar-refractivity contribution in [1.82, 2.24) is 9.97 Å². The maximum Gasteiger partial charge on any atom is 0.156 e. The number of methoxy groups -OCH3 is 1. The molecule has 100 valence electrons.